The molecule has 0 atom stereocenters. The molecule has 1 aliphatic rings. The van der Waals surface area contributed by atoms with Gasteiger partial charge in [0.1, 0.15) is 0 Å². The average molecular weight is 220 g/mol. The number of unbranched alkanes of at least 4 members (excludes halogenated alkanes) is 4. The zero-order valence-corrected chi connectivity index (χ0v) is 11.1. The molecule has 1 fully saturated rings. The molecule has 0 amide bonds. The van der Waals surface area contributed by atoms with Gasteiger partial charge in [-0.1, -0.05) is 64.2 Å². The summed E-state index contributed by atoms with van der Waals surface area (Å²) < 4.78 is 0. The fraction of sp³-hybridized carbons (Fsp3) is 0.875. The lowest BCUT2D eigenvalue weighted by molar-refractivity contribution is 0.444. The van der Waals surface area contributed by atoms with E-state index in [0.29, 0.717) is 0 Å². The largest absolute Gasteiger partial charge is 0.103 e. The van der Waals surface area contributed by atoms with Gasteiger partial charge in [-0.3, -0.25) is 0 Å². The molecule has 0 unspecified atom stereocenters. The van der Waals surface area contributed by atoms with E-state index in [1.165, 1.54) is 70.6 Å². The molecule has 0 aromatic heterocycles. The first-order valence-corrected chi connectivity index (χ1v) is 7.42. The molecule has 92 valence electrons. The van der Waals surface area contributed by atoms with Crippen LogP contribution in [0.1, 0.15) is 84.0 Å². The third kappa shape index (κ3) is 6.94. The van der Waals surface area contributed by atoms with Gasteiger partial charge in [-0.25, -0.2) is 0 Å². The molecule has 0 nitrogen and oxygen atoms in total. The average Bonchev–Trinajstić information content (AvgIpc) is 2.25. The molecule has 0 heterocycles. The van der Waals surface area contributed by atoms with Crippen molar-refractivity contribution in [2.45, 2.75) is 84.0 Å². The summed E-state index contributed by atoms with van der Waals surface area (Å²) in [5.74, 6) is 7.66. The molecule has 0 bridgehead atoms. The van der Waals surface area contributed by atoms with Crippen LogP contribution in [0.3, 0.4) is 0 Å². The van der Waals surface area contributed by atoms with Gasteiger partial charge in [-0.05, 0) is 19.3 Å². The third-order valence-electron chi connectivity index (χ3n) is 3.57. The van der Waals surface area contributed by atoms with Crippen molar-refractivity contribution in [3.05, 3.63) is 0 Å². The number of hydrogen-bond acceptors (Lipinski definition) is 0. The molecule has 0 aromatic carbocycles. The Hall–Kier alpha value is -0.440. The van der Waals surface area contributed by atoms with Crippen LogP contribution in [-0.4, -0.2) is 0 Å². The van der Waals surface area contributed by atoms with Crippen molar-refractivity contribution >= 4 is 0 Å². The summed E-state index contributed by atoms with van der Waals surface area (Å²) in [6, 6.07) is 0. The van der Waals surface area contributed by atoms with Gasteiger partial charge in [0.15, 0.2) is 0 Å². The van der Waals surface area contributed by atoms with Gasteiger partial charge in [-0.15, -0.1) is 5.92 Å². The lowest BCUT2D eigenvalue weighted by Gasteiger charge is -2.13. The Morgan fingerprint density at radius 1 is 0.875 bits per heavy atom. The lowest BCUT2D eigenvalue weighted by atomic mass is 9.91. The fourth-order valence-electron chi connectivity index (χ4n) is 2.46. The minimum Gasteiger partial charge on any atom is -0.103 e. The molecular formula is C16H28. The van der Waals surface area contributed by atoms with Crippen molar-refractivity contribution in [1.29, 1.82) is 0 Å². The number of rotatable bonds is 4. The van der Waals surface area contributed by atoms with Gasteiger partial charge in [0.05, 0.1) is 0 Å². The second-order valence-electron chi connectivity index (χ2n) is 5.17. The van der Waals surface area contributed by atoms with Gasteiger partial charge in [-0.2, -0.15) is 0 Å². The highest BCUT2D eigenvalue weighted by molar-refractivity contribution is 5.03. The van der Waals surface area contributed by atoms with Crippen molar-refractivity contribution < 1.29 is 0 Å². The van der Waals surface area contributed by atoms with E-state index in [-0.39, 0.29) is 0 Å². The van der Waals surface area contributed by atoms with Crippen LogP contribution in [-0.2, 0) is 0 Å². The molecular weight excluding hydrogens is 192 g/mol. The van der Waals surface area contributed by atoms with E-state index in [4.69, 9.17) is 0 Å². The molecule has 1 aliphatic carbocycles. The van der Waals surface area contributed by atoms with Crippen molar-refractivity contribution in [3.63, 3.8) is 0 Å². The standard InChI is InChI=1S/C16H28/c1-2-3-4-5-7-10-13-16-14-11-8-6-9-12-15-16/h16H,2-9,11-12,14-15H2,1H3. The highest BCUT2D eigenvalue weighted by Gasteiger charge is 2.07. The maximum atomic E-state index is 3.52. The molecule has 0 aliphatic heterocycles. The second kappa shape index (κ2) is 9.76. The topological polar surface area (TPSA) is 0 Å². The maximum Gasteiger partial charge on any atom is 0.0202 e. The summed E-state index contributed by atoms with van der Waals surface area (Å²) in [5, 5.41) is 0. The van der Waals surface area contributed by atoms with Crippen LogP contribution < -0.4 is 0 Å². The normalized spacial score (nSPS) is 18.3. The smallest absolute Gasteiger partial charge is 0.0202 e. The third-order valence-corrected chi connectivity index (χ3v) is 3.57. The van der Waals surface area contributed by atoms with Gasteiger partial charge in [0.25, 0.3) is 0 Å². The Bertz CT molecular complexity index is 198. The highest BCUT2D eigenvalue weighted by Crippen LogP contribution is 2.21. The Morgan fingerprint density at radius 2 is 1.56 bits per heavy atom. The quantitative estimate of drug-likeness (QED) is 0.444. The van der Waals surface area contributed by atoms with Gasteiger partial charge >= 0.3 is 0 Å². The van der Waals surface area contributed by atoms with E-state index >= 15 is 0 Å². The fourth-order valence-corrected chi connectivity index (χ4v) is 2.46. The van der Waals surface area contributed by atoms with Crippen LogP contribution in [0.2, 0.25) is 0 Å². The van der Waals surface area contributed by atoms with Gasteiger partial charge < -0.3 is 0 Å². The summed E-state index contributed by atoms with van der Waals surface area (Å²) in [7, 11) is 0. The summed E-state index contributed by atoms with van der Waals surface area (Å²) in [4.78, 5) is 0. The van der Waals surface area contributed by atoms with Crippen molar-refractivity contribution in [3.8, 4) is 11.8 Å². The minimum atomic E-state index is 0.728. The molecule has 0 spiro atoms. The molecule has 0 aromatic rings. The SMILES string of the molecule is CCCCCCC#CC1CCCCCCC1. The van der Waals surface area contributed by atoms with Crippen LogP contribution in [0.4, 0.5) is 0 Å². The highest BCUT2D eigenvalue weighted by atomic mass is 14.1. The molecule has 1 saturated carbocycles. The first-order chi connectivity index (χ1) is 7.93. The molecule has 0 N–H and O–H groups in total. The van der Waals surface area contributed by atoms with E-state index in [1.807, 2.05) is 0 Å². The molecule has 0 heteroatoms. The molecule has 16 heavy (non-hydrogen) atoms. The zero-order chi connectivity index (χ0) is 11.5. The Morgan fingerprint density at radius 3 is 2.25 bits per heavy atom. The predicted molar refractivity (Wildman–Crippen MR) is 72.3 cm³/mol. The van der Waals surface area contributed by atoms with E-state index in [0.717, 1.165) is 12.3 Å². The van der Waals surface area contributed by atoms with Crippen molar-refractivity contribution in [2.24, 2.45) is 5.92 Å². The molecule has 0 saturated heterocycles. The van der Waals surface area contributed by atoms with Crippen LogP contribution in [0.5, 0.6) is 0 Å². The molecule has 1 rings (SSSR count). The van der Waals surface area contributed by atoms with Crippen molar-refractivity contribution in [1.82, 2.24) is 0 Å². The second-order valence-corrected chi connectivity index (χ2v) is 5.17. The zero-order valence-electron chi connectivity index (χ0n) is 11.1. The van der Waals surface area contributed by atoms with Gasteiger partial charge in [0.2, 0.25) is 0 Å². The van der Waals surface area contributed by atoms with E-state index in [1.54, 1.807) is 0 Å². The summed E-state index contributed by atoms with van der Waals surface area (Å²) in [6.45, 7) is 2.26. The predicted octanol–water partition coefficient (Wildman–Crippen LogP) is 5.32. The summed E-state index contributed by atoms with van der Waals surface area (Å²) in [6.07, 6.45) is 16.4. The Balaban J connectivity index is 2.10. The Kier molecular flexibility index (Phi) is 8.31. The van der Waals surface area contributed by atoms with Crippen molar-refractivity contribution in [2.75, 3.05) is 0 Å². The van der Waals surface area contributed by atoms with E-state index in [2.05, 4.69) is 18.8 Å². The maximum absolute atomic E-state index is 3.52. The van der Waals surface area contributed by atoms with E-state index in [9.17, 15) is 0 Å². The van der Waals surface area contributed by atoms with Gasteiger partial charge in [0, 0.05) is 12.3 Å². The Labute approximate surface area is 102 Å². The van der Waals surface area contributed by atoms with Crippen LogP contribution in [0.15, 0.2) is 0 Å². The van der Waals surface area contributed by atoms with Crippen LogP contribution in [0, 0.1) is 17.8 Å². The van der Waals surface area contributed by atoms with Crippen LogP contribution >= 0.6 is 0 Å². The molecule has 0 radical (unpaired) electrons. The minimum absolute atomic E-state index is 0.728. The summed E-state index contributed by atoms with van der Waals surface area (Å²) in [5.41, 5.74) is 0. The summed E-state index contributed by atoms with van der Waals surface area (Å²) >= 11 is 0. The first-order valence-electron chi connectivity index (χ1n) is 7.42. The van der Waals surface area contributed by atoms with Crippen LogP contribution in [0.25, 0.3) is 0 Å². The number of hydrogen-bond donors (Lipinski definition) is 0. The monoisotopic (exact) mass is 220 g/mol. The lowest BCUT2D eigenvalue weighted by Crippen LogP contribution is -2.00. The van der Waals surface area contributed by atoms with E-state index < -0.39 is 0 Å². The first kappa shape index (κ1) is 13.6.